The fraction of sp³-hybridized carbons (Fsp3) is 0.333. The maximum absolute atomic E-state index is 5.46. The van der Waals surface area contributed by atoms with Crippen molar-refractivity contribution in [1.82, 2.24) is 0 Å². The maximum Gasteiger partial charge on any atom is 0.126 e. The van der Waals surface area contributed by atoms with E-state index in [1.165, 1.54) is 15.3 Å². The first-order valence-corrected chi connectivity index (χ1v) is 6.75. The minimum absolute atomic E-state index is 0.338. The van der Waals surface area contributed by atoms with E-state index in [4.69, 9.17) is 9.47 Å². The largest absolute Gasteiger partial charge is 0.497 e. The van der Waals surface area contributed by atoms with Crippen LogP contribution in [-0.2, 0) is 0 Å². The van der Waals surface area contributed by atoms with Gasteiger partial charge < -0.3 is 9.47 Å². The number of ether oxygens (including phenoxy) is 2. The van der Waals surface area contributed by atoms with Gasteiger partial charge in [0.2, 0.25) is 0 Å². The van der Waals surface area contributed by atoms with Crippen molar-refractivity contribution in [3.05, 3.63) is 45.6 Å². The summed E-state index contributed by atoms with van der Waals surface area (Å²) in [4.78, 5) is 2.69. The van der Waals surface area contributed by atoms with Gasteiger partial charge in [0.15, 0.2) is 0 Å². The Morgan fingerprint density at radius 1 is 1.06 bits per heavy atom. The molecule has 2 nitrogen and oxygen atoms in total. The highest BCUT2D eigenvalue weighted by Gasteiger charge is 2.15. The van der Waals surface area contributed by atoms with Crippen LogP contribution in [0.1, 0.15) is 28.2 Å². The minimum atomic E-state index is 0.338. The summed E-state index contributed by atoms with van der Waals surface area (Å²) in [6.45, 7) is 4.34. The van der Waals surface area contributed by atoms with Gasteiger partial charge in [0.1, 0.15) is 11.5 Å². The second-order valence-corrected chi connectivity index (χ2v) is 5.60. The van der Waals surface area contributed by atoms with Crippen LogP contribution < -0.4 is 9.47 Å². The van der Waals surface area contributed by atoms with Crippen LogP contribution in [-0.4, -0.2) is 14.2 Å². The molecular formula is C15H18O2S. The number of aryl methyl sites for hydroxylation is 1. The zero-order valence-corrected chi connectivity index (χ0v) is 12.0. The maximum atomic E-state index is 5.46. The van der Waals surface area contributed by atoms with E-state index in [0.29, 0.717) is 5.92 Å². The second-order valence-electron chi connectivity index (χ2n) is 4.28. The molecule has 1 unspecified atom stereocenters. The molecule has 3 heteroatoms. The normalized spacial score (nSPS) is 12.2. The van der Waals surface area contributed by atoms with Crippen LogP contribution in [0.15, 0.2) is 30.3 Å². The molecule has 1 aromatic heterocycles. The van der Waals surface area contributed by atoms with Crippen molar-refractivity contribution in [2.75, 3.05) is 14.2 Å². The van der Waals surface area contributed by atoms with Gasteiger partial charge in [-0.05, 0) is 25.1 Å². The molecule has 18 heavy (non-hydrogen) atoms. The number of thiophene rings is 1. The minimum Gasteiger partial charge on any atom is -0.497 e. The van der Waals surface area contributed by atoms with Crippen molar-refractivity contribution < 1.29 is 9.47 Å². The molecule has 1 heterocycles. The molecule has 0 aliphatic rings. The lowest BCUT2D eigenvalue weighted by atomic mass is 9.98. The molecule has 0 bridgehead atoms. The summed E-state index contributed by atoms with van der Waals surface area (Å²) in [5.74, 6) is 2.04. The average molecular weight is 262 g/mol. The molecule has 0 saturated heterocycles. The van der Waals surface area contributed by atoms with Gasteiger partial charge in [-0.1, -0.05) is 13.0 Å². The molecule has 0 aliphatic heterocycles. The van der Waals surface area contributed by atoms with E-state index in [0.717, 1.165) is 11.5 Å². The van der Waals surface area contributed by atoms with E-state index in [-0.39, 0.29) is 0 Å². The van der Waals surface area contributed by atoms with Crippen LogP contribution in [0.4, 0.5) is 0 Å². The van der Waals surface area contributed by atoms with E-state index < -0.39 is 0 Å². The monoisotopic (exact) mass is 262 g/mol. The molecule has 96 valence electrons. The summed E-state index contributed by atoms with van der Waals surface area (Å²) in [5, 5.41) is 0. The molecule has 0 amide bonds. The van der Waals surface area contributed by atoms with Crippen LogP contribution in [0.25, 0.3) is 0 Å². The quantitative estimate of drug-likeness (QED) is 0.821. The lowest BCUT2D eigenvalue weighted by Gasteiger charge is -2.15. The topological polar surface area (TPSA) is 18.5 Å². The Kier molecular flexibility index (Phi) is 3.92. The third-order valence-corrected chi connectivity index (χ3v) is 4.28. The molecule has 1 aromatic carbocycles. The molecule has 0 spiro atoms. The predicted molar refractivity (Wildman–Crippen MR) is 76.1 cm³/mol. The van der Waals surface area contributed by atoms with Crippen LogP contribution in [0.2, 0.25) is 0 Å². The zero-order valence-electron chi connectivity index (χ0n) is 11.2. The average Bonchev–Trinajstić information content (AvgIpc) is 2.83. The van der Waals surface area contributed by atoms with Crippen molar-refractivity contribution >= 4 is 11.3 Å². The van der Waals surface area contributed by atoms with Gasteiger partial charge in [0.05, 0.1) is 14.2 Å². The highest BCUT2D eigenvalue weighted by atomic mass is 32.1. The predicted octanol–water partition coefficient (Wildman–Crippen LogP) is 4.23. The molecule has 0 radical (unpaired) electrons. The first kappa shape index (κ1) is 13.0. The lowest BCUT2D eigenvalue weighted by Crippen LogP contribution is -1.98. The van der Waals surface area contributed by atoms with Gasteiger partial charge in [0.25, 0.3) is 0 Å². The Hall–Kier alpha value is -1.48. The summed E-state index contributed by atoms with van der Waals surface area (Å²) in [6, 6.07) is 10.3. The summed E-state index contributed by atoms with van der Waals surface area (Å²) >= 11 is 1.83. The van der Waals surface area contributed by atoms with E-state index in [1.54, 1.807) is 14.2 Å². The Balaban J connectivity index is 2.38. The van der Waals surface area contributed by atoms with Gasteiger partial charge in [-0.2, -0.15) is 0 Å². The Morgan fingerprint density at radius 2 is 1.83 bits per heavy atom. The second kappa shape index (κ2) is 5.44. The molecule has 2 rings (SSSR count). The van der Waals surface area contributed by atoms with Crippen LogP contribution in [0, 0.1) is 6.92 Å². The first-order valence-electron chi connectivity index (χ1n) is 5.94. The Labute approximate surface area is 112 Å². The highest BCUT2D eigenvalue weighted by molar-refractivity contribution is 7.12. The smallest absolute Gasteiger partial charge is 0.126 e. The summed E-state index contributed by atoms with van der Waals surface area (Å²) in [6.07, 6.45) is 0. The van der Waals surface area contributed by atoms with Gasteiger partial charge in [-0.25, -0.2) is 0 Å². The van der Waals surface area contributed by atoms with Crippen LogP contribution in [0.5, 0.6) is 11.5 Å². The van der Waals surface area contributed by atoms with Crippen molar-refractivity contribution in [3.8, 4) is 11.5 Å². The van der Waals surface area contributed by atoms with Gasteiger partial charge in [-0.3, -0.25) is 0 Å². The SMILES string of the molecule is COc1ccc(C(C)c2ccc(C)s2)c(OC)c1. The van der Waals surface area contributed by atoms with E-state index in [2.05, 4.69) is 32.0 Å². The summed E-state index contributed by atoms with van der Waals surface area (Å²) in [5.41, 5.74) is 1.19. The zero-order chi connectivity index (χ0) is 13.1. The van der Waals surface area contributed by atoms with Crippen molar-refractivity contribution in [2.45, 2.75) is 19.8 Å². The number of rotatable bonds is 4. The van der Waals surface area contributed by atoms with Crippen molar-refractivity contribution in [1.29, 1.82) is 0 Å². The molecule has 0 N–H and O–H groups in total. The Bertz CT molecular complexity index is 531. The van der Waals surface area contributed by atoms with Crippen LogP contribution >= 0.6 is 11.3 Å². The van der Waals surface area contributed by atoms with E-state index in [9.17, 15) is 0 Å². The lowest BCUT2D eigenvalue weighted by molar-refractivity contribution is 0.390. The molecule has 1 atom stereocenters. The molecule has 2 aromatic rings. The van der Waals surface area contributed by atoms with Crippen molar-refractivity contribution in [2.24, 2.45) is 0 Å². The molecule has 0 saturated carbocycles. The summed E-state index contributed by atoms with van der Waals surface area (Å²) < 4.78 is 10.7. The molecule has 0 fully saturated rings. The number of methoxy groups -OCH3 is 2. The number of hydrogen-bond acceptors (Lipinski definition) is 3. The van der Waals surface area contributed by atoms with Crippen LogP contribution in [0.3, 0.4) is 0 Å². The third kappa shape index (κ3) is 2.51. The van der Waals surface area contributed by atoms with Gasteiger partial charge >= 0.3 is 0 Å². The first-order chi connectivity index (χ1) is 8.65. The third-order valence-electron chi connectivity index (χ3n) is 3.10. The summed E-state index contributed by atoms with van der Waals surface area (Å²) in [7, 11) is 3.37. The van der Waals surface area contributed by atoms with Crippen molar-refractivity contribution in [3.63, 3.8) is 0 Å². The van der Waals surface area contributed by atoms with E-state index >= 15 is 0 Å². The Morgan fingerprint density at radius 3 is 2.39 bits per heavy atom. The molecular weight excluding hydrogens is 244 g/mol. The fourth-order valence-corrected chi connectivity index (χ4v) is 2.96. The van der Waals surface area contributed by atoms with Gasteiger partial charge in [-0.15, -0.1) is 11.3 Å². The fourth-order valence-electron chi connectivity index (χ4n) is 2.02. The molecule has 0 aliphatic carbocycles. The van der Waals surface area contributed by atoms with Gasteiger partial charge in [0, 0.05) is 27.3 Å². The highest BCUT2D eigenvalue weighted by Crippen LogP contribution is 2.36. The number of benzene rings is 1. The standard InChI is InChI=1S/C15H18O2S/c1-10-5-8-15(18-10)11(2)13-7-6-12(16-3)9-14(13)17-4/h5-9,11H,1-4H3. The van der Waals surface area contributed by atoms with E-state index in [1.807, 2.05) is 23.5 Å². The number of hydrogen-bond donors (Lipinski definition) is 0.